The van der Waals surface area contributed by atoms with Gasteiger partial charge >= 0.3 is 7.82 Å². The molecule has 13 nitrogen and oxygen atoms in total. The van der Waals surface area contributed by atoms with Crippen molar-refractivity contribution in [3.63, 3.8) is 0 Å². The van der Waals surface area contributed by atoms with Gasteiger partial charge in [0.15, 0.2) is 17.9 Å². The second-order valence-corrected chi connectivity index (χ2v) is 9.65. The van der Waals surface area contributed by atoms with E-state index in [-0.39, 0.29) is 37.7 Å². The highest BCUT2D eigenvalue weighted by molar-refractivity contribution is 7.48. The lowest BCUT2D eigenvalue weighted by Crippen LogP contribution is -2.20. The van der Waals surface area contributed by atoms with Crippen molar-refractivity contribution < 1.29 is 18.1 Å². The number of rotatable bonds is 12. The summed E-state index contributed by atoms with van der Waals surface area (Å²) in [6.07, 6.45) is 0. The molecule has 0 aromatic heterocycles. The van der Waals surface area contributed by atoms with E-state index in [1.54, 1.807) is 72.8 Å². The number of phosphoric acid groups is 1. The average molecular weight is 540 g/mol. The summed E-state index contributed by atoms with van der Waals surface area (Å²) >= 11 is 0. The summed E-state index contributed by atoms with van der Waals surface area (Å²) in [6.45, 7) is -0.326. The molecule has 14 heteroatoms. The van der Waals surface area contributed by atoms with E-state index in [0.29, 0.717) is 33.8 Å². The van der Waals surface area contributed by atoms with Crippen LogP contribution in [0.4, 0.5) is 17.1 Å². The number of guanidine groups is 3. The lowest BCUT2D eigenvalue weighted by Gasteiger charge is -2.19. The van der Waals surface area contributed by atoms with Crippen LogP contribution in [0.15, 0.2) is 72.8 Å². The fraction of sp³-hybridized carbons (Fsp3) is 0.125. The van der Waals surface area contributed by atoms with Crippen LogP contribution in [0.2, 0.25) is 0 Å². The number of hydrogen-bond acceptors (Lipinski definition) is 7. The molecule has 3 rings (SSSR count). The molecule has 0 bridgehead atoms. The Morgan fingerprint density at radius 3 is 1.16 bits per heavy atom. The molecule has 38 heavy (non-hydrogen) atoms. The van der Waals surface area contributed by atoms with E-state index in [2.05, 4.69) is 16.0 Å². The first kappa shape index (κ1) is 28.2. The van der Waals surface area contributed by atoms with Gasteiger partial charge in [-0.05, 0) is 53.1 Å². The first-order valence-electron chi connectivity index (χ1n) is 11.2. The second kappa shape index (κ2) is 13.2. The molecule has 0 atom stereocenters. The zero-order valence-electron chi connectivity index (χ0n) is 20.4. The van der Waals surface area contributed by atoms with Crippen LogP contribution in [0, 0.1) is 16.2 Å². The van der Waals surface area contributed by atoms with E-state index in [4.69, 9.17) is 47.0 Å². The van der Waals surface area contributed by atoms with Gasteiger partial charge in [0, 0.05) is 17.1 Å². The molecule has 0 spiro atoms. The SMILES string of the molecule is N=C(N)Nc1cccc(COP(=O)(OCc2cccc(NC(=N)N)c2)OCc2cccc(NC(=N)N)c2)c1. The number of nitrogens with one attached hydrogen (secondary N) is 6. The number of benzene rings is 3. The third-order valence-corrected chi connectivity index (χ3v) is 6.12. The molecule has 0 aliphatic heterocycles. The number of phosphoric ester groups is 1. The summed E-state index contributed by atoms with van der Waals surface area (Å²) in [7, 11) is -4.11. The Kier molecular flexibility index (Phi) is 9.79. The number of hydrogen-bond donors (Lipinski definition) is 9. The van der Waals surface area contributed by atoms with Crippen LogP contribution in [0.25, 0.3) is 0 Å². The van der Waals surface area contributed by atoms with Gasteiger partial charge in [-0.3, -0.25) is 29.8 Å². The van der Waals surface area contributed by atoms with E-state index < -0.39 is 7.82 Å². The number of anilines is 3. The fourth-order valence-corrected chi connectivity index (χ4v) is 4.40. The smallest absolute Gasteiger partial charge is 0.370 e. The minimum absolute atomic E-state index is 0.109. The molecule has 200 valence electrons. The lowest BCUT2D eigenvalue weighted by molar-refractivity contribution is 0.0979. The largest absolute Gasteiger partial charge is 0.475 e. The van der Waals surface area contributed by atoms with Gasteiger partial charge in [0.2, 0.25) is 0 Å². The highest BCUT2D eigenvalue weighted by Gasteiger charge is 2.27. The van der Waals surface area contributed by atoms with Crippen molar-refractivity contribution in [3.05, 3.63) is 89.5 Å². The Hall–Kier alpha value is -4.42. The average Bonchev–Trinajstić information content (AvgIpc) is 2.85. The third kappa shape index (κ3) is 9.56. The fourth-order valence-electron chi connectivity index (χ4n) is 3.26. The molecule has 0 amide bonds. The molecule has 0 heterocycles. The minimum atomic E-state index is -4.11. The maximum atomic E-state index is 13.6. The topological polar surface area (TPSA) is 230 Å². The maximum absolute atomic E-state index is 13.6. The zero-order chi connectivity index (χ0) is 27.5. The molecule has 0 aliphatic rings. The zero-order valence-corrected chi connectivity index (χ0v) is 21.3. The predicted molar refractivity (Wildman–Crippen MR) is 148 cm³/mol. The van der Waals surface area contributed by atoms with Crippen LogP contribution in [0.1, 0.15) is 16.7 Å². The Labute approximate surface area is 219 Å². The molecule has 0 saturated carbocycles. The molecule has 0 saturated heterocycles. The van der Waals surface area contributed by atoms with Gasteiger partial charge in [-0.25, -0.2) is 4.57 Å². The lowest BCUT2D eigenvalue weighted by atomic mass is 10.2. The minimum Gasteiger partial charge on any atom is -0.370 e. The van der Waals surface area contributed by atoms with Crippen molar-refractivity contribution in [2.75, 3.05) is 16.0 Å². The number of nitrogens with two attached hydrogens (primary N) is 3. The van der Waals surface area contributed by atoms with Gasteiger partial charge in [-0.1, -0.05) is 36.4 Å². The summed E-state index contributed by atoms with van der Waals surface area (Å²) in [5.41, 5.74) is 19.8. The van der Waals surface area contributed by atoms with E-state index in [0.717, 1.165) is 0 Å². The summed E-state index contributed by atoms with van der Waals surface area (Å²) in [5, 5.41) is 30.2. The Morgan fingerprint density at radius 2 is 0.895 bits per heavy atom. The maximum Gasteiger partial charge on any atom is 0.475 e. The van der Waals surface area contributed by atoms with Crippen LogP contribution >= 0.6 is 7.82 Å². The molecular weight excluding hydrogens is 509 g/mol. The van der Waals surface area contributed by atoms with Gasteiger partial charge in [-0.15, -0.1) is 0 Å². The van der Waals surface area contributed by atoms with Gasteiger partial charge in [0.1, 0.15) is 0 Å². The van der Waals surface area contributed by atoms with Crippen molar-refractivity contribution in [2.24, 2.45) is 17.2 Å². The van der Waals surface area contributed by atoms with E-state index in [9.17, 15) is 4.57 Å². The van der Waals surface area contributed by atoms with Crippen LogP contribution in [-0.2, 0) is 38.0 Å². The van der Waals surface area contributed by atoms with Crippen molar-refractivity contribution in [3.8, 4) is 0 Å². The van der Waals surface area contributed by atoms with Crippen LogP contribution in [0.5, 0.6) is 0 Å². The van der Waals surface area contributed by atoms with Gasteiger partial charge in [-0.2, -0.15) is 0 Å². The normalized spacial score (nSPS) is 12.2. The first-order valence-corrected chi connectivity index (χ1v) is 12.7. The molecule has 0 unspecified atom stereocenters. The van der Waals surface area contributed by atoms with E-state index >= 15 is 0 Å². The third-order valence-electron chi connectivity index (χ3n) is 4.79. The molecule has 0 radical (unpaired) electrons. The highest BCUT2D eigenvalue weighted by atomic mass is 31.2. The van der Waals surface area contributed by atoms with Crippen molar-refractivity contribution in [1.29, 1.82) is 16.2 Å². The van der Waals surface area contributed by atoms with Crippen molar-refractivity contribution in [1.82, 2.24) is 0 Å². The second-order valence-electron chi connectivity index (χ2n) is 7.98. The monoisotopic (exact) mass is 539 g/mol. The van der Waals surface area contributed by atoms with Crippen LogP contribution in [-0.4, -0.2) is 17.9 Å². The molecule has 3 aromatic rings. The van der Waals surface area contributed by atoms with Crippen LogP contribution in [0.3, 0.4) is 0 Å². The molecule has 12 N–H and O–H groups in total. The van der Waals surface area contributed by atoms with Crippen LogP contribution < -0.4 is 33.2 Å². The Balaban J connectivity index is 1.75. The molecule has 0 aliphatic carbocycles. The Bertz CT molecular complexity index is 1190. The summed E-state index contributed by atoms with van der Waals surface area (Å²) in [5.74, 6) is -0.657. The quantitative estimate of drug-likeness (QED) is 0.0920. The van der Waals surface area contributed by atoms with Crippen molar-refractivity contribution >= 4 is 42.8 Å². The van der Waals surface area contributed by atoms with Gasteiger partial charge in [0.25, 0.3) is 0 Å². The van der Waals surface area contributed by atoms with E-state index in [1.165, 1.54) is 0 Å². The molecule has 0 fully saturated rings. The van der Waals surface area contributed by atoms with Crippen molar-refractivity contribution in [2.45, 2.75) is 19.8 Å². The van der Waals surface area contributed by atoms with Gasteiger partial charge in [0.05, 0.1) is 19.8 Å². The summed E-state index contributed by atoms with van der Waals surface area (Å²) < 4.78 is 30.6. The predicted octanol–water partition coefficient (Wildman–Crippen LogP) is 3.66. The first-order chi connectivity index (χ1) is 18.1. The Morgan fingerprint density at radius 1 is 0.605 bits per heavy atom. The summed E-state index contributed by atoms with van der Waals surface area (Å²) in [6, 6.07) is 20.7. The molecule has 3 aromatic carbocycles. The van der Waals surface area contributed by atoms with E-state index in [1.807, 2.05) is 0 Å². The van der Waals surface area contributed by atoms with Gasteiger partial charge < -0.3 is 33.2 Å². The summed E-state index contributed by atoms with van der Waals surface area (Å²) in [4.78, 5) is 0. The molecular formula is C24H30N9O4P. The highest BCUT2D eigenvalue weighted by Crippen LogP contribution is 2.51. The standard InChI is InChI=1S/C24H30N9O4P/c25-22(26)31-19-7-1-4-16(10-19)13-35-38(34,36-14-17-5-2-8-20(11-17)32-23(27)28)37-15-18-6-3-9-21(12-18)33-24(29)30/h1-12H,13-15H2,(H4,25,26,31)(H4,27,28,32)(H4,29,30,33).